The summed E-state index contributed by atoms with van der Waals surface area (Å²) in [5.41, 5.74) is 0.605. The number of ether oxygens (including phenoxy) is 1. The number of halogens is 7. The van der Waals surface area contributed by atoms with Gasteiger partial charge in [-0.25, -0.2) is 0 Å². The third kappa shape index (κ3) is 2.68. The zero-order valence-electron chi connectivity index (χ0n) is 8.86. The summed E-state index contributed by atoms with van der Waals surface area (Å²) in [7, 11) is 0. The van der Waals surface area contributed by atoms with E-state index < -0.39 is 24.0 Å². The van der Waals surface area contributed by atoms with Crippen molar-refractivity contribution >= 4 is 0 Å². The molecule has 102 valence electrons. The maximum absolute atomic E-state index is 12.8. The Labute approximate surface area is 97.2 Å². The normalized spacial score (nSPS) is 13.6. The molecule has 8 heteroatoms. The fourth-order valence-electron chi connectivity index (χ4n) is 0.983. The molecule has 0 N–H and O–H groups in total. The Morgan fingerprint density at radius 2 is 1.28 bits per heavy atom. The highest BCUT2D eigenvalue weighted by atomic mass is 19.4. The first kappa shape index (κ1) is 14.6. The van der Waals surface area contributed by atoms with E-state index in [1.807, 2.05) is 0 Å². The molecule has 0 atom stereocenters. The fraction of sp³-hybridized carbons (Fsp3) is 0.400. The largest absolute Gasteiger partial charge is 0.474 e. The Kier molecular flexibility index (Phi) is 3.51. The average Bonchev–Trinajstić information content (AvgIpc) is 2.19. The van der Waals surface area contributed by atoms with Crippen LogP contribution in [0.1, 0.15) is 5.56 Å². The molecule has 1 aromatic carbocycles. The summed E-state index contributed by atoms with van der Waals surface area (Å²) < 4.78 is 89.3. The second-order valence-electron chi connectivity index (χ2n) is 3.50. The summed E-state index contributed by atoms with van der Waals surface area (Å²) in [6.07, 6.45) is -12.1. The van der Waals surface area contributed by atoms with Gasteiger partial charge in [-0.15, -0.1) is 0 Å². The van der Waals surface area contributed by atoms with Gasteiger partial charge in [-0.05, 0) is 19.1 Å². The van der Waals surface area contributed by atoms with E-state index in [2.05, 4.69) is 4.74 Å². The van der Waals surface area contributed by atoms with Crippen molar-refractivity contribution in [3.63, 3.8) is 0 Å². The van der Waals surface area contributed by atoms with Gasteiger partial charge in [0.25, 0.3) is 0 Å². The molecule has 0 radical (unpaired) electrons. The molecule has 18 heavy (non-hydrogen) atoms. The second kappa shape index (κ2) is 4.33. The van der Waals surface area contributed by atoms with Gasteiger partial charge in [0.05, 0.1) is 0 Å². The molecule has 0 aliphatic heterocycles. The van der Waals surface area contributed by atoms with Crippen molar-refractivity contribution in [3.05, 3.63) is 29.8 Å². The first-order chi connectivity index (χ1) is 7.97. The average molecular weight is 276 g/mol. The molecule has 0 aliphatic rings. The number of hydrogen-bond donors (Lipinski definition) is 0. The molecule has 1 nitrogen and oxygen atoms in total. The molecule has 0 aliphatic carbocycles. The van der Waals surface area contributed by atoms with E-state index in [0.29, 0.717) is 5.56 Å². The molecule has 0 saturated heterocycles. The highest BCUT2D eigenvalue weighted by molar-refractivity contribution is 5.26. The molecule has 0 heterocycles. The predicted octanol–water partition coefficient (Wildman–Crippen LogP) is 4.16. The SMILES string of the molecule is Cc1ccc(OC(F)(F)C(F)(F)C(F)(F)F)cc1. The Morgan fingerprint density at radius 3 is 1.67 bits per heavy atom. The third-order valence-electron chi connectivity index (χ3n) is 1.99. The fourth-order valence-corrected chi connectivity index (χ4v) is 0.983. The predicted molar refractivity (Wildman–Crippen MR) is 47.8 cm³/mol. The van der Waals surface area contributed by atoms with Gasteiger partial charge in [-0.3, -0.25) is 0 Å². The number of hydrogen-bond acceptors (Lipinski definition) is 1. The Balaban J connectivity index is 2.97. The molecule has 0 aromatic heterocycles. The molecule has 1 rings (SSSR count). The minimum atomic E-state index is -6.40. The molecule has 0 unspecified atom stereocenters. The van der Waals surface area contributed by atoms with Gasteiger partial charge in [0.1, 0.15) is 5.75 Å². The van der Waals surface area contributed by atoms with Gasteiger partial charge >= 0.3 is 18.2 Å². The van der Waals surface area contributed by atoms with Crippen LogP contribution in [0, 0.1) is 6.92 Å². The van der Waals surface area contributed by atoms with Gasteiger partial charge in [-0.1, -0.05) is 17.7 Å². The molecule has 0 spiro atoms. The summed E-state index contributed by atoms with van der Waals surface area (Å²) in [6.45, 7) is 1.58. The number of alkyl halides is 7. The van der Waals surface area contributed by atoms with Gasteiger partial charge < -0.3 is 4.74 Å². The van der Waals surface area contributed by atoms with Crippen LogP contribution >= 0.6 is 0 Å². The molecule has 0 fully saturated rings. The van der Waals surface area contributed by atoms with Crippen LogP contribution in [0.2, 0.25) is 0 Å². The molecular weight excluding hydrogens is 269 g/mol. The molecule has 0 amide bonds. The smallest absolute Gasteiger partial charge is 0.428 e. The van der Waals surface area contributed by atoms with Gasteiger partial charge in [0.15, 0.2) is 0 Å². The lowest BCUT2D eigenvalue weighted by Crippen LogP contribution is -2.55. The first-order valence-electron chi connectivity index (χ1n) is 4.55. The number of benzene rings is 1. The summed E-state index contributed by atoms with van der Waals surface area (Å²) in [5.74, 6) is -7.06. The molecular formula is C10H7F7O. The lowest BCUT2D eigenvalue weighted by Gasteiger charge is -2.27. The van der Waals surface area contributed by atoms with Crippen LogP contribution in [0.4, 0.5) is 30.7 Å². The lowest BCUT2D eigenvalue weighted by molar-refractivity contribution is -0.402. The molecule has 0 saturated carbocycles. The van der Waals surface area contributed by atoms with E-state index in [1.54, 1.807) is 6.92 Å². The maximum Gasteiger partial charge on any atom is 0.474 e. The summed E-state index contributed by atoms with van der Waals surface area (Å²) in [5, 5.41) is 0. The number of rotatable bonds is 3. The topological polar surface area (TPSA) is 9.23 Å². The minimum absolute atomic E-state index is 0.605. The van der Waals surface area contributed by atoms with Gasteiger partial charge in [0.2, 0.25) is 0 Å². The van der Waals surface area contributed by atoms with Crippen LogP contribution in [0.25, 0.3) is 0 Å². The summed E-state index contributed by atoms with van der Waals surface area (Å²) in [6, 6.07) is 4.21. The van der Waals surface area contributed by atoms with E-state index in [0.717, 1.165) is 12.1 Å². The van der Waals surface area contributed by atoms with E-state index in [9.17, 15) is 30.7 Å². The standard InChI is InChI=1S/C10H7F7O/c1-6-2-4-7(5-3-6)18-10(16,17)8(11,12)9(13,14)15/h2-5H,1H3. The van der Waals surface area contributed by atoms with E-state index >= 15 is 0 Å². The van der Waals surface area contributed by atoms with Crippen molar-refractivity contribution < 1.29 is 35.5 Å². The minimum Gasteiger partial charge on any atom is -0.428 e. The van der Waals surface area contributed by atoms with Gasteiger partial charge in [-0.2, -0.15) is 30.7 Å². The molecule has 0 bridgehead atoms. The highest BCUT2D eigenvalue weighted by Gasteiger charge is 2.75. The van der Waals surface area contributed by atoms with Crippen LogP contribution < -0.4 is 4.74 Å². The van der Waals surface area contributed by atoms with E-state index in [-0.39, 0.29) is 0 Å². The second-order valence-corrected chi connectivity index (χ2v) is 3.50. The first-order valence-corrected chi connectivity index (χ1v) is 4.55. The van der Waals surface area contributed by atoms with Crippen LogP contribution in [0.15, 0.2) is 24.3 Å². The van der Waals surface area contributed by atoms with Crippen LogP contribution in [0.3, 0.4) is 0 Å². The Hall–Kier alpha value is -1.47. The molecule has 1 aromatic rings. The van der Waals surface area contributed by atoms with Crippen molar-refractivity contribution in [1.29, 1.82) is 0 Å². The zero-order chi connectivity index (χ0) is 14.2. The Morgan fingerprint density at radius 1 is 0.833 bits per heavy atom. The van der Waals surface area contributed by atoms with Crippen molar-refractivity contribution in [2.75, 3.05) is 0 Å². The Bertz CT molecular complexity index is 407. The summed E-state index contributed by atoms with van der Waals surface area (Å²) in [4.78, 5) is 0. The van der Waals surface area contributed by atoms with Crippen LogP contribution in [-0.2, 0) is 0 Å². The third-order valence-corrected chi connectivity index (χ3v) is 1.99. The van der Waals surface area contributed by atoms with Crippen molar-refractivity contribution in [2.24, 2.45) is 0 Å². The van der Waals surface area contributed by atoms with Crippen LogP contribution in [-0.4, -0.2) is 18.2 Å². The summed E-state index contributed by atoms with van der Waals surface area (Å²) >= 11 is 0. The van der Waals surface area contributed by atoms with Crippen molar-refractivity contribution in [3.8, 4) is 5.75 Å². The highest BCUT2D eigenvalue weighted by Crippen LogP contribution is 2.47. The monoisotopic (exact) mass is 276 g/mol. The van der Waals surface area contributed by atoms with E-state index in [1.165, 1.54) is 12.1 Å². The van der Waals surface area contributed by atoms with E-state index in [4.69, 9.17) is 0 Å². The quantitative estimate of drug-likeness (QED) is 0.753. The van der Waals surface area contributed by atoms with Crippen LogP contribution in [0.5, 0.6) is 5.75 Å². The van der Waals surface area contributed by atoms with Gasteiger partial charge in [0, 0.05) is 0 Å². The number of aryl methyl sites for hydroxylation is 1. The zero-order valence-corrected chi connectivity index (χ0v) is 8.86. The van der Waals surface area contributed by atoms with Crippen molar-refractivity contribution in [1.82, 2.24) is 0 Å². The lowest BCUT2D eigenvalue weighted by atomic mass is 10.2. The van der Waals surface area contributed by atoms with Crippen molar-refractivity contribution in [2.45, 2.75) is 25.1 Å². The maximum atomic E-state index is 12.8.